The molecule has 1 aliphatic rings. The lowest BCUT2D eigenvalue weighted by Gasteiger charge is -2.22. The zero-order chi connectivity index (χ0) is 29.4. The fraction of sp³-hybridized carbons (Fsp3) is 0.219. The van der Waals surface area contributed by atoms with Gasteiger partial charge in [0.05, 0.1) is 29.3 Å². The second kappa shape index (κ2) is 11.3. The molecule has 2 aromatic heterocycles. The van der Waals surface area contributed by atoms with Crippen LogP contribution >= 0.6 is 11.6 Å². The number of H-pyrrole nitrogens is 1. The van der Waals surface area contributed by atoms with Crippen molar-refractivity contribution in [2.45, 2.75) is 45.2 Å². The first-order chi connectivity index (χ1) is 20.3. The number of fused-ring (bicyclic) bond motifs is 2. The fourth-order valence-corrected chi connectivity index (χ4v) is 5.74. The van der Waals surface area contributed by atoms with Crippen LogP contribution in [-0.2, 0) is 16.1 Å². The number of aromatic amines is 1. The van der Waals surface area contributed by atoms with Crippen molar-refractivity contribution < 1.29 is 14.7 Å². The largest absolute Gasteiger partial charge is 0.481 e. The Bertz CT molecular complexity index is 1930. The third-order valence-corrected chi connectivity index (χ3v) is 7.69. The number of pyridine rings is 1. The Morgan fingerprint density at radius 2 is 1.86 bits per heavy atom. The number of aromatic nitrogens is 3. The van der Waals surface area contributed by atoms with Crippen LogP contribution in [0.2, 0.25) is 5.02 Å². The topological polar surface area (TPSA) is 121 Å². The van der Waals surface area contributed by atoms with Crippen molar-refractivity contribution in [2.75, 3.05) is 0 Å². The number of carbonyl (C=O) groups is 2. The number of carboxylic acids is 1. The highest BCUT2D eigenvalue weighted by Gasteiger charge is 2.35. The number of hydrogen-bond acceptors (Lipinski definition) is 5. The van der Waals surface area contributed by atoms with Gasteiger partial charge in [0.25, 0.3) is 5.56 Å². The van der Waals surface area contributed by atoms with Crippen molar-refractivity contribution >= 4 is 51.0 Å². The predicted molar refractivity (Wildman–Crippen MR) is 163 cm³/mol. The van der Waals surface area contributed by atoms with E-state index in [1.807, 2.05) is 65.5 Å². The Hall–Kier alpha value is -4.76. The van der Waals surface area contributed by atoms with Crippen LogP contribution in [-0.4, -0.2) is 42.5 Å². The second-order valence-electron chi connectivity index (χ2n) is 10.4. The maximum Gasteiger partial charge on any atom is 0.303 e. The molecular weight excluding hydrogens is 554 g/mol. The van der Waals surface area contributed by atoms with E-state index in [4.69, 9.17) is 16.7 Å². The molecule has 0 bridgehead atoms. The average Bonchev–Trinajstić information content (AvgIpc) is 3.60. The lowest BCUT2D eigenvalue weighted by atomic mass is 9.91. The molecule has 0 saturated carbocycles. The molecule has 6 rings (SSSR count). The first-order valence-electron chi connectivity index (χ1n) is 13.8. The summed E-state index contributed by atoms with van der Waals surface area (Å²) in [5, 5.41) is 22.1. The van der Waals surface area contributed by atoms with Crippen molar-refractivity contribution in [3.8, 4) is 11.1 Å². The molecule has 212 valence electrons. The van der Waals surface area contributed by atoms with E-state index in [9.17, 15) is 19.5 Å². The summed E-state index contributed by atoms with van der Waals surface area (Å²) in [6, 6.07) is 20.1. The van der Waals surface area contributed by atoms with Crippen molar-refractivity contribution in [1.82, 2.24) is 19.8 Å². The van der Waals surface area contributed by atoms with E-state index in [-0.39, 0.29) is 24.8 Å². The number of rotatable bonds is 8. The maximum absolute atomic E-state index is 13.7. The zero-order valence-electron chi connectivity index (χ0n) is 22.9. The smallest absolute Gasteiger partial charge is 0.303 e. The van der Waals surface area contributed by atoms with E-state index in [0.717, 1.165) is 40.4 Å². The maximum atomic E-state index is 13.7. The van der Waals surface area contributed by atoms with Gasteiger partial charge >= 0.3 is 5.97 Å². The molecule has 10 heteroatoms. The standard InChI is InChI=1S/C32H28ClN5O4/c1-2-14-37-18-21-15-20(8-10-24(21)35-37)27-17-26(36-38(27)28(39)12-13-29(40)41)31-30(19-6-4-3-5-7-19)23-16-22(33)9-11-25(23)34-32(31)42/h3-11,15-16,18,27H,2,12-14,17H2,1H3,(H,34,42)(H,40,41). The van der Waals surface area contributed by atoms with Gasteiger partial charge in [-0.1, -0.05) is 54.9 Å². The van der Waals surface area contributed by atoms with E-state index >= 15 is 0 Å². The van der Waals surface area contributed by atoms with Crippen LogP contribution in [0.5, 0.6) is 0 Å². The molecule has 1 aliphatic heterocycles. The van der Waals surface area contributed by atoms with Gasteiger partial charge in [-0.2, -0.15) is 10.2 Å². The number of aryl methyl sites for hydroxylation is 1. The number of amides is 1. The monoisotopic (exact) mass is 581 g/mol. The Kier molecular flexibility index (Phi) is 7.34. The van der Waals surface area contributed by atoms with Crippen LogP contribution in [0, 0.1) is 0 Å². The van der Waals surface area contributed by atoms with Crippen LogP contribution < -0.4 is 5.56 Å². The summed E-state index contributed by atoms with van der Waals surface area (Å²) in [4.78, 5) is 41.4. The first kappa shape index (κ1) is 27.4. The van der Waals surface area contributed by atoms with Gasteiger partial charge in [0.15, 0.2) is 0 Å². The van der Waals surface area contributed by atoms with E-state index in [0.29, 0.717) is 27.4 Å². The van der Waals surface area contributed by atoms with Gasteiger partial charge in [0.2, 0.25) is 5.91 Å². The fourth-order valence-electron chi connectivity index (χ4n) is 5.57. The normalized spacial score (nSPS) is 15.0. The summed E-state index contributed by atoms with van der Waals surface area (Å²) >= 11 is 6.40. The van der Waals surface area contributed by atoms with Crippen molar-refractivity contribution in [1.29, 1.82) is 0 Å². The molecule has 1 amide bonds. The van der Waals surface area contributed by atoms with Gasteiger partial charge < -0.3 is 10.1 Å². The van der Waals surface area contributed by atoms with E-state index < -0.39 is 17.9 Å². The van der Waals surface area contributed by atoms with Crippen LogP contribution in [0.4, 0.5) is 0 Å². The Morgan fingerprint density at radius 1 is 1.05 bits per heavy atom. The number of nitrogens with zero attached hydrogens (tertiary/aromatic N) is 4. The molecule has 3 aromatic carbocycles. The highest BCUT2D eigenvalue weighted by atomic mass is 35.5. The molecule has 5 aromatic rings. The minimum atomic E-state index is -1.07. The minimum Gasteiger partial charge on any atom is -0.481 e. The Morgan fingerprint density at radius 3 is 2.62 bits per heavy atom. The molecular formula is C32H28ClN5O4. The molecule has 9 nitrogen and oxygen atoms in total. The summed E-state index contributed by atoms with van der Waals surface area (Å²) in [5.74, 6) is -1.50. The Labute approximate surface area is 246 Å². The van der Waals surface area contributed by atoms with Gasteiger partial charge in [-0.15, -0.1) is 0 Å². The summed E-state index contributed by atoms with van der Waals surface area (Å²) < 4.78 is 1.90. The molecule has 0 saturated heterocycles. The summed E-state index contributed by atoms with van der Waals surface area (Å²) in [5.41, 5.74) is 4.23. The van der Waals surface area contributed by atoms with Crippen LogP contribution in [0.25, 0.3) is 32.9 Å². The van der Waals surface area contributed by atoms with Crippen LogP contribution in [0.1, 0.15) is 49.8 Å². The SMILES string of the molecule is CCCn1cc2cc(C3CC(c4c(-c5ccccc5)c5cc(Cl)ccc5[nH]c4=O)=NN3C(=O)CCC(=O)O)ccc2n1. The number of hydrogen-bond donors (Lipinski definition) is 2. The van der Waals surface area contributed by atoms with Crippen molar-refractivity contribution in [3.63, 3.8) is 0 Å². The number of halogens is 1. The molecule has 3 heterocycles. The summed E-state index contributed by atoms with van der Waals surface area (Å²) in [6.07, 6.45) is 2.65. The van der Waals surface area contributed by atoms with Gasteiger partial charge in [-0.05, 0) is 47.9 Å². The number of carbonyl (C=O) groups excluding carboxylic acids is 1. The highest BCUT2D eigenvalue weighted by molar-refractivity contribution is 6.31. The Balaban J connectivity index is 1.50. The lowest BCUT2D eigenvalue weighted by molar-refractivity contribution is -0.141. The van der Waals surface area contributed by atoms with Gasteiger partial charge in [-0.25, -0.2) is 5.01 Å². The van der Waals surface area contributed by atoms with E-state index in [1.165, 1.54) is 5.01 Å². The second-order valence-corrected chi connectivity index (χ2v) is 10.8. The summed E-state index contributed by atoms with van der Waals surface area (Å²) in [6.45, 7) is 2.87. The van der Waals surface area contributed by atoms with Crippen LogP contribution in [0.3, 0.4) is 0 Å². The number of aliphatic carboxylic acids is 1. The molecule has 0 spiro atoms. The molecule has 1 unspecified atom stereocenters. The van der Waals surface area contributed by atoms with Crippen molar-refractivity contribution in [2.24, 2.45) is 5.10 Å². The lowest BCUT2D eigenvalue weighted by Crippen LogP contribution is -2.27. The predicted octanol–water partition coefficient (Wildman–Crippen LogP) is 6.15. The highest BCUT2D eigenvalue weighted by Crippen LogP contribution is 2.38. The quantitative estimate of drug-likeness (QED) is 0.228. The number of benzene rings is 3. The third-order valence-electron chi connectivity index (χ3n) is 7.46. The van der Waals surface area contributed by atoms with Gasteiger partial charge in [0.1, 0.15) is 0 Å². The van der Waals surface area contributed by atoms with Crippen molar-refractivity contribution in [3.05, 3.63) is 99.4 Å². The molecule has 42 heavy (non-hydrogen) atoms. The van der Waals surface area contributed by atoms with E-state index in [1.54, 1.807) is 12.1 Å². The third kappa shape index (κ3) is 5.19. The molecule has 0 aliphatic carbocycles. The molecule has 0 radical (unpaired) electrons. The van der Waals surface area contributed by atoms with Gasteiger partial charge in [0, 0.05) is 52.5 Å². The number of carboxylic acid groups (broad SMARTS) is 1. The minimum absolute atomic E-state index is 0.214. The molecule has 0 fully saturated rings. The van der Waals surface area contributed by atoms with Gasteiger partial charge in [-0.3, -0.25) is 19.1 Å². The molecule has 1 atom stereocenters. The molecule has 2 N–H and O–H groups in total. The first-order valence-corrected chi connectivity index (χ1v) is 14.2. The zero-order valence-corrected chi connectivity index (χ0v) is 23.6. The van der Waals surface area contributed by atoms with Crippen LogP contribution in [0.15, 0.2) is 82.8 Å². The average molecular weight is 582 g/mol. The summed E-state index contributed by atoms with van der Waals surface area (Å²) in [7, 11) is 0. The number of hydrazone groups is 1. The van der Waals surface area contributed by atoms with E-state index in [2.05, 4.69) is 17.0 Å². The number of nitrogens with one attached hydrogen (secondary N) is 1.